The Morgan fingerprint density at radius 2 is 1.58 bits per heavy atom. The second-order valence-corrected chi connectivity index (χ2v) is 6.32. The van der Waals surface area contributed by atoms with Gasteiger partial charge in [-0.25, -0.2) is 0 Å². The van der Waals surface area contributed by atoms with Gasteiger partial charge in [-0.1, -0.05) is 56.1 Å². The van der Waals surface area contributed by atoms with Crippen LogP contribution in [0.2, 0.25) is 0 Å². The molecule has 2 N–H and O–H groups in total. The van der Waals surface area contributed by atoms with Crippen LogP contribution in [-0.4, -0.2) is 11.9 Å². The molecule has 2 rings (SSSR count). The van der Waals surface area contributed by atoms with Crippen molar-refractivity contribution < 1.29 is 0 Å². The highest BCUT2D eigenvalue weighted by atomic mass is 79.9. The van der Waals surface area contributed by atoms with Gasteiger partial charge in [-0.2, -0.15) is 0 Å². The number of halogens is 2. The maximum absolute atomic E-state index is 5.75. The van der Waals surface area contributed by atoms with Crippen molar-refractivity contribution in [3.05, 3.63) is 62.5 Å². The van der Waals surface area contributed by atoms with Gasteiger partial charge in [0.1, 0.15) is 0 Å². The summed E-state index contributed by atoms with van der Waals surface area (Å²) < 4.78 is 2.21. The number of nitrogens with zero attached hydrogens (tertiary/aromatic N) is 1. The lowest BCUT2D eigenvalue weighted by atomic mass is 10.1. The van der Waals surface area contributed by atoms with Crippen molar-refractivity contribution >= 4 is 37.5 Å². The van der Waals surface area contributed by atoms with E-state index in [0.29, 0.717) is 0 Å². The van der Waals surface area contributed by atoms with E-state index in [1.54, 1.807) is 0 Å². The number of hydrogen-bond acceptors (Lipinski definition) is 2. The number of anilines is 1. The first-order chi connectivity index (χ1) is 9.06. The molecule has 0 radical (unpaired) electrons. The smallest absolute Gasteiger partial charge is 0.0325 e. The van der Waals surface area contributed by atoms with Gasteiger partial charge in [0.2, 0.25) is 0 Å². The van der Waals surface area contributed by atoms with Gasteiger partial charge in [-0.05, 0) is 36.4 Å². The number of benzene rings is 2. The van der Waals surface area contributed by atoms with Crippen LogP contribution < -0.4 is 5.73 Å². The van der Waals surface area contributed by atoms with Gasteiger partial charge in [-0.3, -0.25) is 4.90 Å². The maximum atomic E-state index is 5.75. The molecule has 2 nitrogen and oxygen atoms in total. The summed E-state index contributed by atoms with van der Waals surface area (Å²) in [6.07, 6.45) is 0. The van der Waals surface area contributed by atoms with Gasteiger partial charge in [0.05, 0.1) is 0 Å². The first-order valence-corrected chi connectivity index (χ1v) is 7.60. The number of nitrogen functional groups attached to an aromatic ring is 1. The standard InChI is InChI=1S/C15H16Br2N2/c1-19(9-11-4-2-3-5-14(11)16)10-12-6-7-13(18)8-15(12)17/h2-8H,9-10,18H2,1H3. The Kier molecular flexibility index (Phi) is 5.02. The second kappa shape index (κ2) is 6.55. The molecule has 0 saturated heterocycles. The molecule has 0 fully saturated rings. The Hall–Kier alpha value is -0.840. The predicted molar refractivity (Wildman–Crippen MR) is 87.9 cm³/mol. The topological polar surface area (TPSA) is 29.3 Å². The molecule has 2 aromatic rings. The number of nitrogens with two attached hydrogens (primary N) is 1. The molecule has 0 unspecified atom stereocenters. The second-order valence-electron chi connectivity index (χ2n) is 4.61. The van der Waals surface area contributed by atoms with Crippen LogP contribution in [0.5, 0.6) is 0 Å². The first kappa shape index (κ1) is 14.6. The van der Waals surface area contributed by atoms with Gasteiger partial charge < -0.3 is 5.73 Å². The summed E-state index contributed by atoms with van der Waals surface area (Å²) >= 11 is 7.14. The third-order valence-electron chi connectivity index (χ3n) is 2.92. The lowest BCUT2D eigenvalue weighted by molar-refractivity contribution is 0.318. The van der Waals surface area contributed by atoms with Gasteiger partial charge in [0.25, 0.3) is 0 Å². The van der Waals surface area contributed by atoms with Crippen LogP contribution in [0.4, 0.5) is 5.69 Å². The molecule has 0 amide bonds. The van der Waals surface area contributed by atoms with E-state index in [9.17, 15) is 0 Å². The highest BCUT2D eigenvalue weighted by Crippen LogP contribution is 2.23. The molecule has 4 heteroatoms. The zero-order valence-electron chi connectivity index (χ0n) is 10.7. The molecule has 0 saturated carbocycles. The van der Waals surface area contributed by atoms with Crippen LogP contribution in [0.1, 0.15) is 11.1 Å². The van der Waals surface area contributed by atoms with E-state index in [-0.39, 0.29) is 0 Å². The third kappa shape index (κ3) is 4.06. The van der Waals surface area contributed by atoms with Crippen molar-refractivity contribution in [3.8, 4) is 0 Å². The maximum Gasteiger partial charge on any atom is 0.0325 e. The predicted octanol–water partition coefficient (Wildman–Crippen LogP) is 4.43. The molecule has 100 valence electrons. The summed E-state index contributed by atoms with van der Waals surface area (Å²) in [4.78, 5) is 2.27. The van der Waals surface area contributed by atoms with Crippen molar-refractivity contribution in [2.24, 2.45) is 0 Å². The molecule has 0 aromatic heterocycles. The molecule has 0 aliphatic carbocycles. The van der Waals surface area contributed by atoms with E-state index in [1.165, 1.54) is 11.1 Å². The average Bonchev–Trinajstić information content (AvgIpc) is 2.36. The summed E-state index contributed by atoms with van der Waals surface area (Å²) in [5, 5.41) is 0. The normalized spacial score (nSPS) is 10.9. The zero-order chi connectivity index (χ0) is 13.8. The van der Waals surface area contributed by atoms with Gasteiger partial charge >= 0.3 is 0 Å². The van der Waals surface area contributed by atoms with Crippen molar-refractivity contribution in [2.45, 2.75) is 13.1 Å². The highest BCUT2D eigenvalue weighted by Gasteiger charge is 2.07. The Balaban J connectivity index is 2.05. The minimum absolute atomic E-state index is 0.782. The lowest BCUT2D eigenvalue weighted by Crippen LogP contribution is -2.17. The minimum atomic E-state index is 0.782. The SMILES string of the molecule is CN(Cc1ccccc1Br)Cc1ccc(N)cc1Br. The fourth-order valence-corrected chi connectivity index (χ4v) is 2.89. The highest BCUT2D eigenvalue weighted by molar-refractivity contribution is 9.10. The number of rotatable bonds is 4. The van der Waals surface area contributed by atoms with Crippen LogP contribution >= 0.6 is 31.9 Å². The number of hydrogen-bond donors (Lipinski definition) is 1. The Morgan fingerprint density at radius 1 is 0.947 bits per heavy atom. The fraction of sp³-hybridized carbons (Fsp3) is 0.200. The molecule has 0 heterocycles. The summed E-state index contributed by atoms with van der Waals surface area (Å²) in [6, 6.07) is 14.3. The van der Waals surface area contributed by atoms with Crippen LogP contribution in [0.15, 0.2) is 51.4 Å². The third-order valence-corrected chi connectivity index (χ3v) is 4.43. The van der Waals surface area contributed by atoms with E-state index in [4.69, 9.17) is 5.73 Å². The van der Waals surface area contributed by atoms with Crippen LogP contribution in [0, 0.1) is 0 Å². The van der Waals surface area contributed by atoms with Crippen molar-refractivity contribution in [2.75, 3.05) is 12.8 Å². The van der Waals surface area contributed by atoms with Crippen LogP contribution in [-0.2, 0) is 13.1 Å². The van der Waals surface area contributed by atoms with E-state index in [2.05, 4.69) is 68.1 Å². The van der Waals surface area contributed by atoms with Crippen molar-refractivity contribution in [3.63, 3.8) is 0 Å². The minimum Gasteiger partial charge on any atom is -0.399 e. The molecule has 0 atom stereocenters. The Labute approximate surface area is 130 Å². The van der Waals surface area contributed by atoms with E-state index < -0.39 is 0 Å². The molecule has 0 aliphatic heterocycles. The van der Waals surface area contributed by atoms with Gasteiger partial charge in [0, 0.05) is 27.7 Å². The fourth-order valence-electron chi connectivity index (χ4n) is 1.96. The Bertz CT molecular complexity index is 570. The lowest BCUT2D eigenvalue weighted by Gasteiger charge is -2.18. The van der Waals surface area contributed by atoms with Crippen LogP contribution in [0.3, 0.4) is 0 Å². The van der Waals surface area contributed by atoms with Crippen molar-refractivity contribution in [1.82, 2.24) is 4.90 Å². The molecule has 0 aliphatic rings. The van der Waals surface area contributed by atoms with E-state index in [0.717, 1.165) is 27.7 Å². The summed E-state index contributed by atoms with van der Waals surface area (Å²) in [5.74, 6) is 0. The zero-order valence-corrected chi connectivity index (χ0v) is 13.9. The van der Waals surface area contributed by atoms with E-state index >= 15 is 0 Å². The monoisotopic (exact) mass is 382 g/mol. The van der Waals surface area contributed by atoms with Gasteiger partial charge in [0.15, 0.2) is 0 Å². The molecule has 0 spiro atoms. The largest absolute Gasteiger partial charge is 0.399 e. The summed E-state index contributed by atoms with van der Waals surface area (Å²) in [6.45, 7) is 1.78. The summed E-state index contributed by atoms with van der Waals surface area (Å²) in [7, 11) is 2.11. The average molecular weight is 384 g/mol. The van der Waals surface area contributed by atoms with Gasteiger partial charge in [-0.15, -0.1) is 0 Å². The first-order valence-electron chi connectivity index (χ1n) is 6.02. The molecule has 19 heavy (non-hydrogen) atoms. The molecule has 2 aromatic carbocycles. The molecule has 0 bridgehead atoms. The molecular formula is C15H16Br2N2. The molecular weight excluding hydrogens is 368 g/mol. The van der Waals surface area contributed by atoms with Crippen LogP contribution in [0.25, 0.3) is 0 Å². The quantitative estimate of drug-likeness (QED) is 0.791. The van der Waals surface area contributed by atoms with E-state index in [1.807, 2.05) is 18.2 Å². The van der Waals surface area contributed by atoms with Crippen molar-refractivity contribution in [1.29, 1.82) is 0 Å². The summed E-state index contributed by atoms with van der Waals surface area (Å²) in [5.41, 5.74) is 9.06. The Morgan fingerprint density at radius 3 is 2.21 bits per heavy atom.